The molecular weight excluding hydrogens is 256 g/mol. The fourth-order valence-electron chi connectivity index (χ4n) is 2.11. The van der Waals surface area contributed by atoms with E-state index in [1.807, 2.05) is 23.6 Å². The minimum atomic E-state index is 0.0648. The van der Waals surface area contributed by atoms with Crippen molar-refractivity contribution in [3.63, 3.8) is 0 Å². The Balaban J connectivity index is 2.09. The van der Waals surface area contributed by atoms with Gasteiger partial charge in [-0.1, -0.05) is 6.92 Å². The van der Waals surface area contributed by atoms with Gasteiger partial charge in [-0.3, -0.25) is 4.79 Å². The molecule has 2 heterocycles. The molecule has 0 aliphatic carbocycles. The monoisotopic (exact) mass is 276 g/mol. The van der Waals surface area contributed by atoms with E-state index in [0.29, 0.717) is 0 Å². The smallest absolute Gasteiger partial charge is 0.250 e. The van der Waals surface area contributed by atoms with E-state index in [9.17, 15) is 4.79 Å². The highest BCUT2D eigenvalue weighted by molar-refractivity contribution is 7.12. The molecule has 0 aliphatic rings. The van der Waals surface area contributed by atoms with Crippen LogP contribution in [-0.4, -0.2) is 4.57 Å². The molecule has 0 unspecified atom stereocenters. The molecule has 0 spiro atoms. The first-order chi connectivity index (χ1) is 9.10. The Bertz CT molecular complexity index is 613. The normalized spacial score (nSPS) is 10.7. The topological polar surface area (TPSA) is 34.0 Å². The second-order valence-electron chi connectivity index (χ2n) is 4.74. The highest BCUT2D eigenvalue weighted by Crippen LogP contribution is 2.21. The summed E-state index contributed by atoms with van der Waals surface area (Å²) >= 11 is 1.82. The Morgan fingerprint density at radius 2 is 2.11 bits per heavy atom. The molecule has 1 N–H and O–H groups in total. The molecule has 4 heteroatoms. The van der Waals surface area contributed by atoms with Gasteiger partial charge in [0.2, 0.25) is 0 Å². The number of nitrogens with zero attached hydrogens (tertiary/aromatic N) is 1. The van der Waals surface area contributed by atoms with E-state index in [1.165, 1.54) is 15.3 Å². The highest BCUT2D eigenvalue weighted by atomic mass is 32.1. The Kier molecular flexibility index (Phi) is 4.43. The molecule has 3 nitrogen and oxygen atoms in total. The molecule has 0 atom stereocenters. The number of aromatic nitrogens is 1. The maximum absolute atomic E-state index is 11.6. The van der Waals surface area contributed by atoms with Crippen molar-refractivity contribution in [3.8, 4) is 0 Å². The standard InChI is InChI=1S/C15H20N2OS/c1-4-7-17-10-14(5-6-15(17)18)16-9-13-8-11(2)19-12(13)3/h5-6,8,10,16H,4,7,9H2,1-3H3. The molecule has 0 fully saturated rings. The molecule has 0 aliphatic heterocycles. The first kappa shape index (κ1) is 13.9. The zero-order valence-electron chi connectivity index (χ0n) is 11.7. The molecule has 2 rings (SSSR count). The van der Waals surface area contributed by atoms with Crippen molar-refractivity contribution >= 4 is 17.0 Å². The first-order valence-electron chi connectivity index (χ1n) is 6.60. The van der Waals surface area contributed by atoms with Crippen LogP contribution in [-0.2, 0) is 13.1 Å². The average Bonchev–Trinajstić information content (AvgIpc) is 2.69. The number of aryl methyl sites for hydroxylation is 3. The summed E-state index contributed by atoms with van der Waals surface area (Å²) < 4.78 is 1.76. The van der Waals surface area contributed by atoms with Gasteiger partial charge in [0.05, 0.1) is 5.69 Å². The van der Waals surface area contributed by atoms with E-state index in [4.69, 9.17) is 0 Å². The second-order valence-corrected chi connectivity index (χ2v) is 6.20. The van der Waals surface area contributed by atoms with Crippen LogP contribution < -0.4 is 10.9 Å². The van der Waals surface area contributed by atoms with Gasteiger partial charge >= 0.3 is 0 Å². The van der Waals surface area contributed by atoms with Gasteiger partial charge in [-0.25, -0.2) is 0 Å². The van der Waals surface area contributed by atoms with Crippen LogP contribution in [0.2, 0.25) is 0 Å². The Hall–Kier alpha value is -1.55. The van der Waals surface area contributed by atoms with Gasteiger partial charge in [0, 0.05) is 35.1 Å². The van der Waals surface area contributed by atoms with Crippen molar-refractivity contribution < 1.29 is 0 Å². The molecule has 0 aromatic carbocycles. The molecule has 0 saturated heterocycles. The minimum Gasteiger partial charge on any atom is -0.380 e. The molecule has 0 radical (unpaired) electrons. The number of thiophene rings is 1. The summed E-state index contributed by atoms with van der Waals surface area (Å²) in [4.78, 5) is 14.3. The number of rotatable bonds is 5. The maximum Gasteiger partial charge on any atom is 0.250 e. The van der Waals surface area contributed by atoms with E-state index in [1.54, 1.807) is 10.6 Å². The summed E-state index contributed by atoms with van der Waals surface area (Å²) in [6.45, 7) is 7.92. The second kappa shape index (κ2) is 6.06. The van der Waals surface area contributed by atoms with Crippen molar-refractivity contribution in [3.05, 3.63) is 50.1 Å². The van der Waals surface area contributed by atoms with Gasteiger partial charge in [0.15, 0.2) is 0 Å². The van der Waals surface area contributed by atoms with Crippen LogP contribution in [0.15, 0.2) is 29.2 Å². The third kappa shape index (κ3) is 3.47. The van der Waals surface area contributed by atoms with Crippen molar-refractivity contribution in [2.45, 2.75) is 40.3 Å². The fourth-order valence-corrected chi connectivity index (χ4v) is 3.05. The number of anilines is 1. The predicted octanol–water partition coefficient (Wildman–Crippen LogP) is 3.55. The predicted molar refractivity (Wildman–Crippen MR) is 82.1 cm³/mol. The van der Waals surface area contributed by atoms with E-state index in [0.717, 1.165) is 25.2 Å². The third-order valence-corrected chi connectivity index (χ3v) is 4.08. The Labute approximate surface area is 117 Å². The largest absolute Gasteiger partial charge is 0.380 e. The van der Waals surface area contributed by atoms with Crippen LogP contribution in [0.4, 0.5) is 5.69 Å². The van der Waals surface area contributed by atoms with E-state index < -0.39 is 0 Å². The van der Waals surface area contributed by atoms with Crippen LogP contribution in [0.25, 0.3) is 0 Å². The van der Waals surface area contributed by atoms with E-state index in [-0.39, 0.29) is 5.56 Å². The van der Waals surface area contributed by atoms with Crippen molar-refractivity contribution in [2.24, 2.45) is 0 Å². The molecule has 0 amide bonds. The van der Waals surface area contributed by atoms with Crippen LogP contribution in [0.3, 0.4) is 0 Å². The number of hydrogen-bond donors (Lipinski definition) is 1. The van der Waals surface area contributed by atoms with Crippen LogP contribution in [0.5, 0.6) is 0 Å². The summed E-state index contributed by atoms with van der Waals surface area (Å²) in [5, 5.41) is 3.39. The van der Waals surface area contributed by atoms with Gasteiger partial charge < -0.3 is 9.88 Å². The van der Waals surface area contributed by atoms with Gasteiger partial charge in [0.1, 0.15) is 0 Å². The van der Waals surface area contributed by atoms with Crippen molar-refractivity contribution in [1.82, 2.24) is 4.57 Å². The Morgan fingerprint density at radius 3 is 2.74 bits per heavy atom. The van der Waals surface area contributed by atoms with Gasteiger partial charge in [-0.2, -0.15) is 0 Å². The lowest BCUT2D eigenvalue weighted by molar-refractivity contribution is 0.655. The van der Waals surface area contributed by atoms with Crippen molar-refractivity contribution in [1.29, 1.82) is 0 Å². The fraction of sp³-hybridized carbons (Fsp3) is 0.400. The van der Waals surface area contributed by atoms with Gasteiger partial charge in [-0.05, 0) is 38.0 Å². The number of nitrogens with one attached hydrogen (secondary N) is 1. The quantitative estimate of drug-likeness (QED) is 0.906. The first-order valence-corrected chi connectivity index (χ1v) is 7.42. The zero-order valence-corrected chi connectivity index (χ0v) is 12.5. The summed E-state index contributed by atoms with van der Waals surface area (Å²) in [6, 6.07) is 5.70. The Morgan fingerprint density at radius 1 is 1.32 bits per heavy atom. The van der Waals surface area contributed by atoms with Gasteiger partial charge in [0.25, 0.3) is 5.56 Å². The molecule has 0 saturated carbocycles. The summed E-state index contributed by atoms with van der Waals surface area (Å²) in [7, 11) is 0. The third-order valence-electron chi connectivity index (χ3n) is 3.07. The molecule has 19 heavy (non-hydrogen) atoms. The summed E-state index contributed by atoms with van der Waals surface area (Å²) in [6.07, 6.45) is 2.87. The number of hydrogen-bond acceptors (Lipinski definition) is 3. The SMILES string of the molecule is CCCn1cc(NCc2cc(C)sc2C)ccc1=O. The average molecular weight is 276 g/mol. The van der Waals surface area contributed by atoms with E-state index in [2.05, 4.69) is 32.2 Å². The number of pyridine rings is 1. The summed E-state index contributed by atoms with van der Waals surface area (Å²) in [5.74, 6) is 0. The molecule has 102 valence electrons. The molecule has 0 bridgehead atoms. The summed E-state index contributed by atoms with van der Waals surface area (Å²) in [5.41, 5.74) is 2.39. The maximum atomic E-state index is 11.6. The lowest BCUT2D eigenvalue weighted by Crippen LogP contribution is -2.18. The highest BCUT2D eigenvalue weighted by Gasteiger charge is 2.03. The van der Waals surface area contributed by atoms with Crippen molar-refractivity contribution in [2.75, 3.05) is 5.32 Å². The molecular formula is C15H20N2OS. The lowest BCUT2D eigenvalue weighted by Gasteiger charge is -2.09. The van der Waals surface area contributed by atoms with Crippen LogP contribution >= 0.6 is 11.3 Å². The van der Waals surface area contributed by atoms with Gasteiger partial charge in [-0.15, -0.1) is 11.3 Å². The lowest BCUT2D eigenvalue weighted by atomic mass is 10.2. The van der Waals surface area contributed by atoms with Crippen LogP contribution in [0, 0.1) is 13.8 Å². The molecule has 2 aromatic rings. The zero-order chi connectivity index (χ0) is 13.8. The van der Waals surface area contributed by atoms with Crippen LogP contribution in [0.1, 0.15) is 28.7 Å². The van der Waals surface area contributed by atoms with E-state index >= 15 is 0 Å². The minimum absolute atomic E-state index is 0.0648. The molecule has 2 aromatic heterocycles.